The van der Waals surface area contributed by atoms with E-state index in [9.17, 15) is 4.79 Å². The highest BCUT2D eigenvalue weighted by Crippen LogP contribution is 2.20. The van der Waals surface area contributed by atoms with Crippen LogP contribution in [-0.2, 0) is 11.3 Å². The molecule has 2 N–H and O–H groups in total. The van der Waals surface area contributed by atoms with Crippen molar-refractivity contribution in [3.8, 4) is 5.75 Å². The van der Waals surface area contributed by atoms with Crippen LogP contribution in [0, 0.1) is 6.92 Å². The molecule has 0 aromatic heterocycles. The van der Waals surface area contributed by atoms with Gasteiger partial charge in [0.05, 0.1) is 19.3 Å². The molecule has 0 aliphatic heterocycles. The van der Waals surface area contributed by atoms with Gasteiger partial charge in [0.1, 0.15) is 5.75 Å². The fourth-order valence-electron chi connectivity index (χ4n) is 2.39. The molecule has 0 amide bonds. The molecule has 132 valence electrons. The molecule has 0 fully saturated rings. The molecule has 0 bridgehead atoms. The maximum absolute atomic E-state index is 12.0. The van der Waals surface area contributed by atoms with Gasteiger partial charge >= 0.3 is 5.97 Å². The van der Waals surface area contributed by atoms with Crippen molar-refractivity contribution in [2.45, 2.75) is 20.4 Å². The normalized spacial score (nSPS) is 10.0. The van der Waals surface area contributed by atoms with E-state index in [1.165, 1.54) is 0 Å². The van der Waals surface area contributed by atoms with Crippen LogP contribution in [0.25, 0.3) is 0 Å². The quantitative estimate of drug-likeness (QED) is 0.607. The highest BCUT2D eigenvalue weighted by molar-refractivity contribution is 7.80. The van der Waals surface area contributed by atoms with Crippen molar-refractivity contribution in [3.63, 3.8) is 0 Å². The lowest BCUT2D eigenvalue weighted by atomic mass is 10.1. The number of anilines is 1. The van der Waals surface area contributed by atoms with E-state index in [2.05, 4.69) is 10.6 Å². The van der Waals surface area contributed by atoms with Gasteiger partial charge in [-0.1, -0.05) is 24.3 Å². The topological polar surface area (TPSA) is 59.6 Å². The highest BCUT2D eigenvalue weighted by Gasteiger charge is 2.13. The third-order valence-electron chi connectivity index (χ3n) is 3.71. The van der Waals surface area contributed by atoms with Crippen molar-refractivity contribution in [3.05, 3.63) is 59.2 Å². The average molecular weight is 358 g/mol. The number of benzene rings is 2. The lowest BCUT2D eigenvalue weighted by Gasteiger charge is -2.15. The molecular formula is C19H22N2O3S. The molecule has 6 heteroatoms. The number of rotatable bonds is 6. The Morgan fingerprint density at radius 1 is 1.16 bits per heavy atom. The number of esters is 1. The maximum atomic E-state index is 12.0. The van der Waals surface area contributed by atoms with Crippen LogP contribution >= 0.6 is 12.2 Å². The van der Waals surface area contributed by atoms with E-state index < -0.39 is 0 Å². The third-order valence-corrected chi connectivity index (χ3v) is 3.96. The maximum Gasteiger partial charge on any atom is 0.338 e. The first-order chi connectivity index (χ1) is 12.1. The third kappa shape index (κ3) is 4.93. The Morgan fingerprint density at radius 2 is 1.92 bits per heavy atom. The summed E-state index contributed by atoms with van der Waals surface area (Å²) in [5, 5.41) is 6.74. The van der Waals surface area contributed by atoms with Gasteiger partial charge in [-0.15, -0.1) is 0 Å². The fourth-order valence-corrected chi connectivity index (χ4v) is 2.57. The van der Waals surface area contributed by atoms with Gasteiger partial charge in [0.15, 0.2) is 5.11 Å². The Labute approximate surface area is 153 Å². The minimum atomic E-state index is -0.337. The molecule has 0 atom stereocenters. The van der Waals surface area contributed by atoms with Crippen molar-refractivity contribution in [1.82, 2.24) is 5.32 Å². The van der Waals surface area contributed by atoms with Crippen LogP contribution in [-0.4, -0.2) is 24.8 Å². The van der Waals surface area contributed by atoms with E-state index in [-0.39, 0.29) is 5.97 Å². The van der Waals surface area contributed by atoms with Crippen molar-refractivity contribution in [1.29, 1.82) is 0 Å². The zero-order valence-corrected chi connectivity index (χ0v) is 15.4. The molecule has 0 saturated carbocycles. The predicted octanol–water partition coefficient (Wildman–Crippen LogP) is 3.67. The number of thiocarbonyl (C=S) groups is 1. The first-order valence-corrected chi connectivity index (χ1v) is 8.41. The largest absolute Gasteiger partial charge is 0.496 e. The summed E-state index contributed by atoms with van der Waals surface area (Å²) in [6, 6.07) is 13.1. The summed E-state index contributed by atoms with van der Waals surface area (Å²) in [5.41, 5.74) is 3.09. The molecule has 2 aromatic carbocycles. The van der Waals surface area contributed by atoms with Gasteiger partial charge in [-0.3, -0.25) is 0 Å². The van der Waals surface area contributed by atoms with Gasteiger partial charge in [0, 0.05) is 17.8 Å². The molecule has 0 heterocycles. The van der Waals surface area contributed by atoms with Gasteiger partial charge in [-0.2, -0.15) is 0 Å². The van der Waals surface area contributed by atoms with E-state index in [0.29, 0.717) is 23.8 Å². The Kier molecular flexibility index (Phi) is 6.77. The number of para-hydroxylation sites is 1. The van der Waals surface area contributed by atoms with Gasteiger partial charge in [0.25, 0.3) is 0 Å². The lowest BCUT2D eigenvalue weighted by Crippen LogP contribution is -2.28. The lowest BCUT2D eigenvalue weighted by molar-refractivity contribution is 0.0525. The zero-order chi connectivity index (χ0) is 18.2. The molecule has 0 spiro atoms. The van der Waals surface area contributed by atoms with E-state index in [0.717, 1.165) is 22.6 Å². The number of hydrogen-bond acceptors (Lipinski definition) is 4. The number of methoxy groups -OCH3 is 1. The Hall–Kier alpha value is -2.60. The number of hydrogen-bond donors (Lipinski definition) is 2. The summed E-state index contributed by atoms with van der Waals surface area (Å²) < 4.78 is 10.4. The van der Waals surface area contributed by atoms with Crippen molar-refractivity contribution >= 4 is 29.0 Å². The average Bonchev–Trinajstić information content (AvgIpc) is 2.62. The molecule has 0 unspecified atom stereocenters. The number of ether oxygens (including phenoxy) is 2. The summed E-state index contributed by atoms with van der Waals surface area (Å²) in [6.07, 6.45) is 0. The summed E-state index contributed by atoms with van der Waals surface area (Å²) >= 11 is 5.36. The van der Waals surface area contributed by atoms with Crippen molar-refractivity contribution in [2.24, 2.45) is 0 Å². The van der Waals surface area contributed by atoms with Crippen LogP contribution in [0.15, 0.2) is 42.5 Å². The van der Waals surface area contributed by atoms with Crippen LogP contribution in [0.4, 0.5) is 5.69 Å². The number of carbonyl (C=O) groups excluding carboxylic acids is 1. The number of carbonyl (C=O) groups is 1. The minimum absolute atomic E-state index is 0.337. The van der Waals surface area contributed by atoms with Crippen LogP contribution in [0.5, 0.6) is 5.75 Å². The van der Waals surface area contributed by atoms with Crippen LogP contribution in [0.2, 0.25) is 0 Å². The van der Waals surface area contributed by atoms with Crippen LogP contribution in [0.1, 0.15) is 28.4 Å². The molecular weight excluding hydrogens is 336 g/mol. The molecule has 0 aliphatic rings. The number of nitrogens with one attached hydrogen (secondary N) is 2. The minimum Gasteiger partial charge on any atom is -0.496 e. The van der Waals surface area contributed by atoms with Crippen LogP contribution < -0.4 is 15.4 Å². The smallest absolute Gasteiger partial charge is 0.338 e. The summed E-state index contributed by atoms with van der Waals surface area (Å²) in [5.74, 6) is 0.467. The van der Waals surface area contributed by atoms with Crippen molar-refractivity contribution < 1.29 is 14.3 Å². The zero-order valence-electron chi connectivity index (χ0n) is 14.6. The summed E-state index contributed by atoms with van der Waals surface area (Å²) in [4.78, 5) is 12.0. The first-order valence-electron chi connectivity index (χ1n) is 8.00. The second-order valence-corrected chi connectivity index (χ2v) is 5.73. The second-order valence-electron chi connectivity index (χ2n) is 5.32. The second kappa shape index (κ2) is 9.03. The SMILES string of the molecule is CCOC(=O)c1cccc(NC(=S)NCc2ccccc2OC)c1C. The van der Waals surface area contributed by atoms with E-state index in [1.54, 1.807) is 26.2 Å². The van der Waals surface area contributed by atoms with E-state index >= 15 is 0 Å². The van der Waals surface area contributed by atoms with Gasteiger partial charge in [0.2, 0.25) is 0 Å². The van der Waals surface area contributed by atoms with Gasteiger partial charge in [-0.05, 0) is 49.8 Å². The Bertz CT molecular complexity index is 762. The van der Waals surface area contributed by atoms with E-state index in [1.807, 2.05) is 37.3 Å². The molecule has 0 radical (unpaired) electrons. The molecule has 2 aromatic rings. The van der Waals surface area contributed by atoms with E-state index in [4.69, 9.17) is 21.7 Å². The van der Waals surface area contributed by atoms with Gasteiger partial charge < -0.3 is 20.1 Å². The molecule has 0 saturated heterocycles. The monoisotopic (exact) mass is 358 g/mol. The predicted molar refractivity (Wildman–Crippen MR) is 103 cm³/mol. The molecule has 25 heavy (non-hydrogen) atoms. The molecule has 5 nitrogen and oxygen atoms in total. The van der Waals surface area contributed by atoms with Crippen molar-refractivity contribution in [2.75, 3.05) is 19.0 Å². The molecule has 2 rings (SSSR count). The highest BCUT2D eigenvalue weighted by atomic mass is 32.1. The van der Waals surface area contributed by atoms with Gasteiger partial charge in [-0.25, -0.2) is 4.79 Å². The first kappa shape index (κ1) is 18.7. The molecule has 0 aliphatic carbocycles. The Balaban J connectivity index is 2.03. The Morgan fingerprint density at radius 3 is 2.64 bits per heavy atom. The summed E-state index contributed by atoms with van der Waals surface area (Å²) in [6.45, 7) is 4.52. The standard InChI is InChI=1S/C19H22N2O3S/c1-4-24-18(22)15-9-7-10-16(13(15)2)21-19(25)20-12-14-8-5-6-11-17(14)23-3/h5-11H,4,12H2,1-3H3,(H2,20,21,25). The summed E-state index contributed by atoms with van der Waals surface area (Å²) in [7, 11) is 1.64. The van der Waals surface area contributed by atoms with Crippen LogP contribution in [0.3, 0.4) is 0 Å². The fraction of sp³-hybridized carbons (Fsp3) is 0.263.